The molecule has 0 radical (unpaired) electrons. The lowest BCUT2D eigenvalue weighted by molar-refractivity contribution is 0.0705. The highest BCUT2D eigenvalue weighted by Crippen LogP contribution is 2.22. The van der Waals surface area contributed by atoms with E-state index in [0.717, 1.165) is 50.3 Å². The molecule has 1 fully saturated rings. The first-order valence-corrected chi connectivity index (χ1v) is 14.5. The molecule has 2 aromatic carbocycles. The van der Waals surface area contributed by atoms with Crippen LogP contribution in [0.15, 0.2) is 60.8 Å². The van der Waals surface area contributed by atoms with Crippen molar-refractivity contribution in [2.45, 2.75) is 46.1 Å². The predicted octanol–water partition coefficient (Wildman–Crippen LogP) is 6.53. The Morgan fingerprint density at radius 3 is 2.42 bits per heavy atom. The topological polar surface area (TPSA) is 82.2 Å². The quantitative estimate of drug-likeness (QED) is 0.217. The Balaban J connectivity index is 1.09. The van der Waals surface area contributed by atoms with Gasteiger partial charge < -0.3 is 20.9 Å². The van der Waals surface area contributed by atoms with Crippen LogP contribution in [-0.2, 0) is 6.42 Å². The number of anilines is 4. The van der Waals surface area contributed by atoms with Crippen molar-refractivity contribution in [2.75, 3.05) is 30.3 Å². The maximum Gasteiger partial charge on any atom is 0.253 e. The van der Waals surface area contributed by atoms with Crippen LogP contribution in [0.3, 0.4) is 0 Å². The number of thiophene rings is 1. The zero-order chi connectivity index (χ0) is 28.1. The van der Waals surface area contributed by atoms with Gasteiger partial charge in [-0.2, -0.15) is 4.98 Å². The molecule has 2 aromatic heterocycles. The van der Waals surface area contributed by atoms with Crippen LogP contribution in [0, 0.1) is 26.6 Å². The number of carbonyl (C=O) groups is 1. The Morgan fingerprint density at radius 1 is 0.975 bits per heavy atom. The second-order valence-corrected chi connectivity index (χ2v) is 11.6. The Morgan fingerprint density at radius 2 is 1.73 bits per heavy atom. The summed E-state index contributed by atoms with van der Waals surface area (Å²) < 4.78 is 13.6. The molecule has 1 amide bonds. The smallest absolute Gasteiger partial charge is 0.253 e. The van der Waals surface area contributed by atoms with E-state index in [1.165, 1.54) is 21.4 Å². The summed E-state index contributed by atoms with van der Waals surface area (Å²) in [5, 5.41) is 10.0. The molecule has 0 aliphatic carbocycles. The summed E-state index contributed by atoms with van der Waals surface area (Å²) in [7, 11) is 0. The van der Waals surface area contributed by atoms with Crippen molar-refractivity contribution in [3.63, 3.8) is 0 Å². The fourth-order valence-electron chi connectivity index (χ4n) is 4.83. The Bertz CT molecular complexity index is 1440. The summed E-state index contributed by atoms with van der Waals surface area (Å²) in [5.41, 5.74) is 4.13. The molecule has 1 aliphatic heterocycles. The van der Waals surface area contributed by atoms with Crippen LogP contribution in [0.1, 0.15) is 44.1 Å². The molecule has 5 rings (SSSR count). The second-order valence-electron chi connectivity index (χ2n) is 10.3. The third-order valence-electron chi connectivity index (χ3n) is 7.28. The molecule has 0 spiro atoms. The average molecular weight is 559 g/mol. The van der Waals surface area contributed by atoms with Crippen molar-refractivity contribution in [2.24, 2.45) is 0 Å². The zero-order valence-corrected chi connectivity index (χ0v) is 23.9. The molecule has 0 saturated carbocycles. The number of halogens is 1. The van der Waals surface area contributed by atoms with Gasteiger partial charge in [-0.05, 0) is 106 Å². The largest absolute Gasteiger partial charge is 0.340 e. The number of rotatable bonds is 9. The number of carbonyl (C=O) groups excluding carboxylic acids is 1. The number of amides is 1. The van der Waals surface area contributed by atoms with Crippen LogP contribution in [0.2, 0.25) is 0 Å². The fraction of sp³-hybridized carbons (Fsp3) is 0.323. The van der Waals surface area contributed by atoms with Crippen molar-refractivity contribution >= 4 is 40.4 Å². The normalized spacial score (nSPS) is 13.8. The number of aromatic nitrogens is 2. The van der Waals surface area contributed by atoms with Crippen molar-refractivity contribution < 1.29 is 9.18 Å². The molecule has 7 nitrogen and oxygen atoms in total. The standard InChI is InChI=1S/C31H35FN6OS/c1-20-19-27(40-22(20)3)10-14-33-24-12-16-38(17-13-24)30(39)23-4-6-25(7-5-23)36-31-34-15-11-29(37-31)35-26-8-9-28(32)21(2)18-26/h4-9,11,15,18-19,24,33H,10,12-14,16-17H2,1-3H3,(H2,34,35,36,37). The molecule has 0 bridgehead atoms. The van der Waals surface area contributed by atoms with E-state index in [9.17, 15) is 9.18 Å². The van der Waals surface area contributed by atoms with Crippen molar-refractivity contribution in [3.05, 3.63) is 93.1 Å². The van der Waals surface area contributed by atoms with Crippen molar-refractivity contribution in [3.8, 4) is 0 Å². The van der Waals surface area contributed by atoms with Gasteiger partial charge in [-0.25, -0.2) is 9.37 Å². The number of piperidine rings is 1. The van der Waals surface area contributed by atoms with Gasteiger partial charge in [-0.15, -0.1) is 11.3 Å². The van der Waals surface area contributed by atoms with Gasteiger partial charge in [-0.1, -0.05) is 0 Å². The maximum atomic E-state index is 13.6. The zero-order valence-electron chi connectivity index (χ0n) is 23.1. The van der Waals surface area contributed by atoms with Gasteiger partial charge in [0.25, 0.3) is 5.91 Å². The van der Waals surface area contributed by atoms with E-state index in [1.54, 1.807) is 31.3 Å². The van der Waals surface area contributed by atoms with Gasteiger partial charge in [-0.3, -0.25) is 4.79 Å². The number of nitrogens with zero attached hydrogens (tertiary/aromatic N) is 3. The van der Waals surface area contributed by atoms with Gasteiger partial charge in [0, 0.05) is 58.6 Å². The van der Waals surface area contributed by atoms with Gasteiger partial charge in [0.1, 0.15) is 11.6 Å². The fourth-order valence-corrected chi connectivity index (χ4v) is 5.88. The van der Waals surface area contributed by atoms with Crippen LogP contribution >= 0.6 is 11.3 Å². The van der Waals surface area contributed by atoms with Gasteiger partial charge in [0.05, 0.1) is 0 Å². The van der Waals surface area contributed by atoms with Gasteiger partial charge in [0.2, 0.25) is 5.95 Å². The summed E-state index contributed by atoms with van der Waals surface area (Å²) in [4.78, 5) is 26.7. The highest BCUT2D eigenvalue weighted by atomic mass is 32.1. The van der Waals surface area contributed by atoms with E-state index in [4.69, 9.17) is 0 Å². The summed E-state index contributed by atoms with van der Waals surface area (Å²) >= 11 is 1.89. The first kappa shape index (κ1) is 27.7. The van der Waals surface area contributed by atoms with Crippen LogP contribution in [0.25, 0.3) is 0 Å². The van der Waals surface area contributed by atoms with Crippen LogP contribution in [0.4, 0.5) is 27.5 Å². The van der Waals surface area contributed by atoms with Crippen LogP contribution in [-0.4, -0.2) is 46.5 Å². The number of nitrogens with one attached hydrogen (secondary N) is 3. The first-order valence-electron chi connectivity index (χ1n) is 13.7. The Hall–Kier alpha value is -3.82. The molecular weight excluding hydrogens is 523 g/mol. The Labute approximate surface area is 238 Å². The SMILES string of the molecule is Cc1cc(Nc2ccnc(Nc3ccc(C(=O)N4CCC(NCCc5cc(C)c(C)s5)CC4)cc3)n2)ccc1F. The predicted molar refractivity (Wildman–Crippen MR) is 161 cm³/mol. The van der Waals surface area contributed by atoms with E-state index >= 15 is 0 Å². The van der Waals surface area contributed by atoms with Gasteiger partial charge in [0.15, 0.2) is 0 Å². The summed E-state index contributed by atoms with van der Waals surface area (Å²) in [5.74, 6) is 0.822. The second kappa shape index (κ2) is 12.6. The molecule has 40 heavy (non-hydrogen) atoms. The highest BCUT2D eigenvalue weighted by Gasteiger charge is 2.23. The van der Waals surface area contributed by atoms with Crippen molar-refractivity contribution in [1.29, 1.82) is 0 Å². The molecule has 3 N–H and O–H groups in total. The summed E-state index contributed by atoms with van der Waals surface area (Å²) in [6, 6.07) is 16.7. The average Bonchev–Trinajstić information content (AvgIpc) is 3.28. The Kier molecular flexibility index (Phi) is 8.72. The van der Waals surface area contributed by atoms with E-state index in [1.807, 2.05) is 40.5 Å². The minimum absolute atomic E-state index is 0.0616. The third-order valence-corrected chi connectivity index (χ3v) is 8.49. The molecule has 208 valence electrons. The minimum atomic E-state index is -0.246. The molecule has 3 heterocycles. The molecule has 4 aromatic rings. The molecule has 1 saturated heterocycles. The van der Waals surface area contributed by atoms with Crippen molar-refractivity contribution in [1.82, 2.24) is 20.2 Å². The lowest BCUT2D eigenvalue weighted by Crippen LogP contribution is -2.45. The van der Waals surface area contributed by atoms with E-state index in [0.29, 0.717) is 28.9 Å². The van der Waals surface area contributed by atoms with Gasteiger partial charge >= 0.3 is 0 Å². The number of likely N-dealkylation sites (tertiary alicyclic amines) is 1. The molecule has 0 atom stereocenters. The number of hydrogen-bond acceptors (Lipinski definition) is 7. The first-order chi connectivity index (χ1) is 19.3. The third kappa shape index (κ3) is 7.03. The van der Waals surface area contributed by atoms with Crippen LogP contribution in [0.5, 0.6) is 0 Å². The van der Waals surface area contributed by atoms with Crippen LogP contribution < -0.4 is 16.0 Å². The highest BCUT2D eigenvalue weighted by molar-refractivity contribution is 7.12. The lowest BCUT2D eigenvalue weighted by atomic mass is 10.0. The number of hydrogen-bond donors (Lipinski definition) is 3. The van der Waals surface area contributed by atoms with E-state index in [2.05, 4.69) is 45.8 Å². The minimum Gasteiger partial charge on any atom is -0.340 e. The molecule has 9 heteroatoms. The maximum absolute atomic E-state index is 13.6. The summed E-state index contributed by atoms with van der Waals surface area (Å²) in [6.07, 6.45) is 4.63. The number of aryl methyl sites for hydroxylation is 3. The molecule has 0 unspecified atom stereocenters. The summed E-state index contributed by atoms with van der Waals surface area (Å²) in [6.45, 7) is 8.56. The number of benzene rings is 2. The monoisotopic (exact) mass is 558 g/mol. The molecular formula is C31H35FN6OS. The lowest BCUT2D eigenvalue weighted by Gasteiger charge is -2.32. The van der Waals surface area contributed by atoms with E-state index < -0.39 is 0 Å². The molecule has 1 aliphatic rings. The van der Waals surface area contributed by atoms with E-state index in [-0.39, 0.29) is 11.7 Å².